The number of benzene rings is 1. The number of thioether (sulfide) groups is 1. The van der Waals surface area contributed by atoms with Gasteiger partial charge in [0, 0.05) is 18.4 Å². The third-order valence-electron chi connectivity index (χ3n) is 4.67. The van der Waals surface area contributed by atoms with Gasteiger partial charge in [0.2, 0.25) is 5.91 Å². The fourth-order valence-electron chi connectivity index (χ4n) is 3.42. The van der Waals surface area contributed by atoms with Gasteiger partial charge in [0.1, 0.15) is 11.1 Å². The Bertz CT molecular complexity index is 531. The van der Waals surface area contributed by atoms with E-state index < -0.39 is 0 Å². The minimum atomic E-state index is 0.0310. The molecule has 3 rings (SSSR count). The number of hydrogen-bond acceptors (Lipinski definition) is 3. The van der Waals surface area contributed by atoms with Crippen molar-refractivity contribution in [2.45, 2.75) is 30.4 Å². The summed E-state index contributed by atoms with van der Waals surface area (Å²) in [5.41, 5.74) is 1.11. The first-order chi connectivity index (χ1) is 10.7. The van der Waals surface area contributed by atoms with Gasteiger partial charge >= 0.3 is 0 Å². The van der Waals surface area contributed by atoms with Gasteiger partial charge in [-0.15, -0.1) is 11.8 Å². The summed E-state index contributed by atoms with van der Waals surface area (Å²) in [6, 6.07) is 8.06. The zero-order chi connectivity index (χ0) is 15.5. The Morgan fingerprint density at radius 1 is 1.32 bits per heavy atom. The second-order valence-electron chi connectivity index (χ2n) is 6.11. The van der Waals surface area contributed by atoms with Crippen LogP contribution in [0.1, 0.15) is 30.7 Å². The standard InChI is InChI=1S/C17H24N2O2S/c1-13-16(20)19(12-11-18-9-5-6-10-18)17(22-13)14-7-3-4-8-15(14)21-2/h3-4,7-8,13,17H,5-6,9-12H2,1-2H3/p+1/t13-,17+/m0/s1. The molecule has 0 bridgehead atoms. The summed E-state index contributed by atoms with van der Waals surface area (Å²) in [4.78, 5) is 16.2. The molecule has 0 unspecified atom stereocenters. The first-order valence-electron chi connectivity index (χ1n) is 8.13. The molecule has 2 aliphatic heterocycles. The fraction of sp³-hybridized carbons (Fsp3) is 0.588. The van der Waals surface area contributed by atoms with E-state index in [4.69, 9.17) is 4.74 Å². The molecule has 22 heavy (non-hydrogen) atoms. The predicted octanol–water partition coefficient (Wildman–Crippen LogP) is 1.34. The van der Waals surface area contributed by atoms with Crippen molar-refractivity contribution in [2.24, 2.45) is 0 Å². The number of nitrogens with one attached hydrogen (secondary N) is 1. The molecular formula is C17H25N2O2S+. The molecule has 0 radical (unpaired) electrons. The van der Waals surface area contributed by atoms with Crippen LogP contribution in [-0.2, 0) is 4.79 Å². The lowest BCUT2D eigenvalue weighted by molar-refractivity contribution is -0.886. The minimum Gasteiger partial charge on any atom is -0.496 e. The third kappa shape index (κ3) is 3.10. The van der Waals surface area contributed by atoms with E-state index >= 15 is 0 Å². The van der Waals surface area contributed by atoms with Crippen molar-refractivity contribution >= 4 is 17.7 Å². The van der Waals surface area contributed by atoms with Gasteiger partial charge in [0.05, 0.1) is 38.5 Å². The van der Waals surface area contributed by atoms with E-state index in [0.29, 0.717) is 0 Å². The van der Waals surface area contributed by atoms with Crippen molar-refractivity contribution in [3.63, 3.8) is 0 Å². The van der Waals surface area contributed by atoms with E-state index in [0.717, 1.165) is 24.4 Å². The Morgan fingerprint density at radius 3 is 2.77 bits per heavy atom. The number of ether oxygens (including phenoxy) is 1. The lowest BCUT2D eigenvalue weighted by atomic mass is 10.1. The zero-order valence-electron chi connectivity index (χ0n) is 13.4. The van der Waals surface area contributed by atoms with Gasteiger partial charge in [0.15, 0.2) is 0 Å². The number of amides is 1. The van der Waals surface area contributed by atoms with Gasteiger partial charge in [-0.25, -0.2) is 0 Å². The third-order valence-corrected chi connectivity index (χ3v) is 6.04. The van der Waals surface area contributed by atoms with E-state index in [2.05, 4.69) is 11.0 Å². The summed E-state index contributed by atoms with van der Waals surface area (Å²) in [6.07, 6.45) is 2.65. The van der Waals surface area contributed by atoms with Crippen LogP contribution in [0.2, 0.25) is 0 Å². The smallest absolute Gasteiger partial charge is 0.236 e. The number of para-hydroxylation sites is 1. The topological polar surface area (TPSA) is 34.0 Å². The summed E-state index contributed by atoms with van der Waals surface area (Å²) in [7, 11) is 1.70. The average molecular weight is 321 g/mol. The SMILES string of the molecule is COc1ccccc1[C@H]1S[C@@H](C)C(=O)N1CC[NH+]1CCCC1. The van der Waals surface area contributed by atoms with E-state index in [1.165, 1.54) is 25.9 Å². The van der Waals surface area contributed by atoms with Crippen molar-refractivity contribution in [3.05, 3.63) is 29.8 Å². The quantitative estimate of drug-likeness (QED) is 0.888. The lowest BCUT2D eigenvalue weighted by Gasteiger charge is -2.26. The Kier molecular flexibility index (Phi) is 4.93. The molecule has 2 saturated heterocycles. The van der Waals surface area contributed by atoms with Crippen molar-refractivity contribution < 1.29 is 14.4 Å². The second-order valence-corrected chi connectivity index (χ2v) is 7.54. The van der Waals surface area contributed by atoms with Gasteiger partial charge in [-0.1, -0.05) is 18.2 Å². The number of carbonyl (C=O) groups is 1. The van der Waals surface area contributed by atoms with Crippen LogP contribution in [0.25, 0.3) is 0 Å². The molecule has 1 amide bonds. The predicted molar refractivity (Wildman–Crippen MR) is 89.3 cm³/mol. The molecule has 2 fully saturated rings. The second kappa shape index (κ2) is 6.92. The molecule has 0 aromatic heterocycles. The molecule has 1 N–H and O–H groups in total. The molecule has 1 aromatic rings. The maximum Gasteiger partial charge on any atom is 0.236 e. The largest absolute Gasteiger partial charge is 0.496 e. The van der Waals surface area contributed by atoms with Crippen molar-refractivity contribution in [3.8, 4) is 5.75 Å². The molecule has 2 atom stereocenters. The fourth-order valence-corrected chi connectivity index (χ4v) is 4.75. The molecular weight excluding hydrogens is 296 g/mol. The number of nitrogens with zero attached hydrogens (tertiary/aromatic N) is 1. The van der Waals surface area contributed by atoms with E-state index in [9.17, 15) is 4.79 Å². The molecule has 0 aliphatic carbocycles. The number of hydrogen-bond donors (Lipinski definition) is 1. The Balaban J connectivity index is 1.76. The number of rotatable bonds is 5. The summed E-state index contributed by atoms with van der Waals surface area (Å²) in [5.74, 6) is 1.14. The first kappa shape index (κ1) is 15.7. The molecule has 4 nitrogen and oxygen atoms in total. The minimum absolute atomic E-state index is 0.0310. The van der Waals surface area contributed by atoms with Crippen LogP contribution in [0.3, 0.4) is 0 Å². The number of carbonyl (C=O) groups excluding carboxylic acids is 1. The van der Waals surface area contributed by atoms with Crippen LogP contribution in [0.4, 0.5) is 0 Å². The van der Waals surface area contributed by atoms with Gasteiger partial charge in [-0.05, 0) is 13.0 Å². The van der Waals surface area contributed by atoms with Crippen LogP contribution in [0, 0.1) is 0 Å². The monoisotopic (exact) mass is 321 g/mol. The summed E-state index contributed by atoms with van der Waals surface area (Å²) < 4.78 is 5.50. The molecule has 2 aliphatic rings. The lowest BCUT2D eigenvalue weighted by Crippen LogP contribution is -3.10. The summed E-state index contributed by atoms with van der Waals surface area (Å²) in [6.45, 7) is 6.42. The molecule has 0 spiro atoms. The summed E-state index contributed by atoms with van der Waals surface area (Å²) in [5, 5.41) is 0.115. The highest BCUT2D eigenvalue weighted by Gasteiger charge is 2.40. The van der Waals surface area contributed by atoms with Crippen molar-refractivity contribution in [2.75, 3.05) is 33.3 Å². The van der Waals surface area contributed by atoms with Crippen LogP contribution >= 0.6 is 11.8 Å². The van der Waals surface area contributed by atoms with Crippen molar-refractivity contribution in [1.29, 1.82) is 0 Å². The molecule has 2 heterocycles. The normalized spacial score (nSPS) is 25.9. The zero-order valence-corrected chi connectivity index (χ0v) is 14.2. The van der Waals surface area contributed by atoms with E-state index in [1.807, 2.05) is 25.1 Å². The van der Waals surface area contributed by atoms with Gasteiger partial charge < -0.3 is 14.5 Å². The van der Waals surface area contributed by atoms with Crippen LogP contribution in [0.15, 0.2) is 24.3 Å². The average Bonchev–Trinajstić information content (AvgIpc) is 3.15. The molecule has 1 aromatic carbocycles. The maximum atomic E-state index is 12.5. The van der Waals surface area contributed by atoms with E-state index in [1.54, 1.807) is 23.8 Å². The Morgan fingerprint density at radius 2 is 2.05 bits per heavy atom. The first-order valence-corrected chi connectivity index (χ1v) is 9.07. The van der Waals surface area contributed by atoms with E-state index in [-0.39, 0.29) is 16.5 Å². The van der Waals surface area contributed by atoms with Gasteiger partial charge in [-0.2, -0.15) is 0 Å². The van der Waals surface area contributed by atoms with Crippen molar-refractivity contribution in [1.82, 2.24) is 4.90 Å². The number of quaternary nitrogens is 1. The molecule has 120 valence electrons. The summed E-state index contributed by atoms with van der Waals surface area (Å²) >= 11 is 1.73. The van der Waals surface area contributed by atoms with Crippen LogP contribution in [-0.4, -0.2) is 49.3 Å². The number of methoxy groups -OCH3 is 1. The highest BCUT2D eigenvalue weighted by Crippen LogP contribution is 2.45. The van der Waals surface area contributed by atoms with Crippen LogP contribution < -0.4 is 9.64 Å². The van der Waals surface area contributed by atoms with Crippen LogP contribution in [0.5, 0.6) is 5.75 Å². The highest BCUT2D eigenvalue weighted by atomic mass is 32.2. The highest BCUT2D eigenvalue weighted by molar-refractivity contribution is 8.01. The number of likely N-dealkylation sites (tertiary alicyclic amines) is 1. The Hall–Kier alpha value is -1.20. The Labute approximate surface area is 136 Å². The van der Waals surface area contributed by atoms with Gasteiger partial charge in [-0.3, -0.25) is 4.79 Å². The maximum absolute atomic E-state index is 12.5. The van der Waals surface area contributed by atoms with Gasteiger partial charge in [0.25, 0.3) is 0 Å². The molecule has 5 heteroatoms. The molecule has 0 saturated carbocycles.